The van der Waals surface area contributed by atoms with Gasteiger partial charge >= 0.3 is 0 Å². The average molecular weight is 379 g/mol. The smallest absolute Gasteiger partial charge is 0.244 e. The Kier molecular flexibility index (Phi) is 5.34. The number of rotatable bonds is 3. The molecule has 2 saturated heterocycles. The molecule has 7 heteroatoms. The molecule has 26 heavy (non-hydrogen) atoms. The largest absolute Gasteiger partial charge is 0.333 e. The zero-order valence-electron chi connectivity index (χ0n) is 15.0. The van der Waals surface area contributed by atoms with Gasteiger partial charge < -0.3 is 10.2 Å². The summed E-state index contributed by atoms with van der Waals surface area (Å²) in [5, 5.41) is 7.81. The minimum Gasteiger partial charge on any atom is -0.333 e. The predicted octanol–water partition coefficient (Wildman–Crippen LogP) is 2.48. The van der Waals surface area contributed by atoms with Crippen LogP contribution in [-0.2, 0) is 11.3 Å². The van der Waals surface area contributed by atoms with E-state index in [1.54, 1.807) is 16.8 Å². The zero-order valence-corrected chi connectivity index (χ0v) is 15.8. The van der Waals surface area contributed by atoms with Gasteiger partial charge in [0, 0.05) is 31.2 Å². The maximum absolute atomic E-state index is 13.8. The number of nitrogens with zero attached hydrogens (tertiary/aromatic N) is 3. The number of aromatic nitrogens is 2. The summed E-state index contributed by atoms with van der Waals surface area (Å²) >= 11 is 0. The second-order valence-electron chi connectivity index (χ2n) is 7.21. The van der Waals surface area contributed by atoms with E-state index < -0.39 is 0 Å². The minimum absolute atomic E-state index is 0. The van der Waals surface area contributed by atoms with E-state index in [4.69, 9.17) is 0 Å². The molecule has 3 heterocycles. The van der Waals surface area contributed by atoms with E-state index in [0.717, 1.165) is 36.6 Å². The number of hydrogen-bond acceptors (Lipinski definition) is 3. The molecule has 0 aliphatic carbocycles. The predicted molar refractivity (Wildman–Crippen MR) is 99.7 cm³/mol. The van der Waals surface area contributed by atoms with E-state index in [9.17, 15) is 9.18 Å². The van der Waals surface area contributed by atoms with Crippen LogP contribution in [-0.4, -0.2) is 40.2 Å². The van der Waals surface area contributed by atoms with Crippen LogP contribution in [0.15, 0.2) is 30.3 Å². The van der Waals surface area contributed by atoms with Crippen LogP contribution < -0.4 is 5.32 Å². The van der Waals surface area contributed by atoms with Crippen LogP contribution in [0.1, 0.15) is 23.0 Å². The zero-order chi connectivity index (χ0) is 17.6. The summed E-state index contributed by atoms with van der Waals surface area (Å²) in [5.74, 6) is 0.566. The van der Waals surface area contributed by atoms with E-state index in [0.29, 0.717) is 11.8 Å². The van der Waals surface area contributed by atoms with Crippen molar-refractivity contribution in [3.8, 4) is 0 Å². The molecule has 2 aliphatic rings. The van der Waals surface area contributed by atoms with Crippen LogP contribution in [0.5, 0.6) is 0 Å². The van der Waals surface area contributed by atoms with Crippen LogP contribution in [0.2, 0.25) is 0 Å². The summed E-state index contributed by atoms with van der Waals surface area (Å²) in [7, 11) is 0. The third-order valence-corrected chi connectivity index (χ3v) is 5.46. The van der Waals surface area contributed by atoms with Gasteiger partial charge in [-0.15, -0.1) is 12.4 Å². The van der Waals surface area contributed by atoms with Gasteiger partial charge in [-0.25, -0.2) is 4.39 Å². The fourth-order valence-corrected chi connectivity index (χ4v) is 4.35. The molecule has 1 aromatic heterocycles. The minimum atomic E-state index is -0.252. The lowest BCUT2D eigenvalue weighted by Gasteiger charge is -2.28. The van der Waals surface area contributed by atoms with Gasteiger partial charge in [-0.2, -0.15) is 5.10 Å². The van der Waals surface area contributed by atoms with E-state index in [1.807, 2.05) is 30.9 Å². The Bertz CT molecular complexity index is 809. The summed E-state index contributed by atoms with van der Waals surface area (Å²) < 4.78 is 15.5. The van der Waals surface area contributed by atoms with Crippen LogP contribution in [0.3, 0.4) is 0 Å². The third-order valence-electron chi connectivity index (χ3n) is 5.46. The van der Waals surface area contributed by atoms with Crippen molar-refractivity contribution in [3.05, 3.63) is 53.1 Å². The van der Waals surface area contributed by atoms with E-state index in [-0.39, 0.29) is 36.7 Å². The maximum atomic E-state index is 13.8. The Morgan fingerprint density at radius 3 is 2.81 bits per heavy atom. The molecular formula is C19H24ClFN4O. The molecule has 2 fully saturated rings. The molecule has 0 unspecified atom stereocenters. The molecule has 1 amide bonds. The standard InChI is InChI=1S/C19H23FN4O.ClH/c1-12-6-13(2)24(22-12)11-18(25)23-10-15-8-21-9-17(15)19(23)14-4-3-5-16(20)7-14;/h3-7,15,17,19,21H,8-11H2,1-2H3;1H/t15-,17-,19+;/m0./s1. The molecule has 1 N–H and O–H groups in total. The highest BCUT2D eigenvalue weighted by Gasteiger charge is 2.46. The molecule has 2 aliphatic heterocycles. The van der Waals surface area contributed by atoms with Gasteiger partial charge in [0.2, 0.25) is 5.91 Å². The first kappa shape index (κ1) is 18.9. The van der Waals surface area contributed by atoms with Gasteiger partial charge in [0.25, 0.3) is 0 Å². The van der Waals surface area contributed by atoms with E-state index in [2.05, 4.69) is 10.4 Å². The van der Waals surface area contributed by atoms with Crippen molar-refractivity contribution >= 4 is 18.3 Å². The van der Waals surface area contributed by atoms with Gasteiger partial charge in [0.15, 0.2) is 0 Å². The number of likely N-dealkylation sites (tertiary alicyclic amines) is 1. The number of fused-ring (bicyclic) bond motifs is 1. The number of hydrogen-bond donors (Lipinski definition) is 1. The quantitative estimate of drug-likeness (QED) is 0.892. The van der Waals surface area contributed by atoms with Crippen LogP contribution in [0, 0.1) is 31.5 Å². The van der Waals surface area contributed by atoms with Crippen molar-refractivity contribution in [1.82, 2.24) is 20.0 Å². The number of nitrogens with one attached hydrogen (secondary N) is 1. The van der Waals surface area contributed by atoms with Crippen molar-refractivity contribution in [2.45, 2.75) is 26.4 Å². The maximum Gasteiger partial charge on any atom is 0.244 e. The summed E-state index contributed by atoms with van der Waals surface area (Å²) in [4.78, 5) is 15.0. The molecule has 2 aromatic rings. The third kappa shape index (κ3) is 3.35. The number of amides is 1. The first-order chi connectivity index (χ1) is 12.0. The van der Waals surface area contributed by atoms with E-state index in [1.165, 1.54) is 6.07 Å². The molecule has 1 aromatic carbocycles. The average Bonchev–Trinajstić information content (AvgIpc) is 3.21. The summed E-state index contributed by atoms with van der Waals surface area (Å²) in [5.41, 5.74) is 2.78. The van der Waals surface area contributed by atoms with Crippen LogP contribution in [0.25, 0.3) is 0 Å². The van der Waals surface area contributed by atoms with Crippen LogP contribution >= 0.6 is 12.4 Å². The number of carbonyl (C=O) groups excluding carboxylic acids is 1. The molecule has 140 valence electrons. The highest BCUT2D eigenvalue weighted by Crippen LogP contribution is 2.42. The SMILES string of the molecule is Cc1cc(C)n(CC(=O)N2C[C@@H]3CNC[C@@H]3[C@H]2c2cccc(F)c2)n1.Cl. The lowest BCUT2D eigenvalue weighted by molar-refractivity contribution is -0.133. The van der Waals surface area contributed by atoms with Crippen molar-refractivity contribution in [3.63, 3.8) is 0 Å². The Balaban J connectivity index is 0.00000196. The van der Waals surface area contributed by atoms with Gasteiger partial charge in [-0.05, 0) is 43.5 Å². The van der Waals surface area contributed by atoms with Gasteiger partial charge in [0.1, 0.15) is 12.4 Å². The molecule has 5 nitrogen and oxygen atoms in total. The highest BCUT2D eigenvalue weighted by molar-refractivity contribution is 5.85. The van der Waals surface area contributed by atoms with Gasteiger partial charge in [-0.1, -0.05) is 12.1 Å². The monoisotopic (exact) mass is 378 g/mol. The second kappa shape index (κ2) is 7.37. The number of aryl methyl sites for hydroxylation is 2. The number of halogens is 2. The van der Waals surface area contributed by atoms with E-state index >= 15 is 0 Å². The summed E-state index contributed by atoms with van der Waals surface area (Å²) in [6.07, 6.45) is 0. The van der Waals surface area contributed by atoms with Crippen molar-refractivity contribution in [2.24, 2.45) is 11.8 Å². The Morgan fingerprint density at radius 2 is 2.12 bits per heavy atom. The number of benzene rings is 1. The Labute approximate surface area is 159 Å². The van der Waals surface area contributed by atoms with Gasteiger partial charge in [-0.3, -0.25) is 9.48 Å². The summed E-state index contributed by atoms with van der Waals surface area (Å²) in [6, 6.07) is 8.57. The molecular weight excluding hydrogens is 355 g/mol. The molecule has 3 atom stereocenters. The second-order valence-corrected chi connectivity index (χ2v) is 7.21. The summed E-state index contributed by atoms with van der Waals surface area (Å²) in [6.45, 7) is 6.63. The lowest BCUT2D eigenvalue weighted by Crippen LogP contribution is -2.37. The van der Waals surface area contributed by atoms with Crippen molar-refractivity contribution in [1.29, 1.82) is 0 Å². The Hall–Kier alpha value is -1.92. The fraction of sp³-hybridized carbons (Fsp3) is 0.474. The topological polar surface area (TPSA) is 50.2 Å². The normalized spacial score (nSPS) is 24.4. The lowest BCUT2D eigenvalue weighted by atomic mass is 9.89. The molecule has 0 spiro atoms. The first-order valence-corrected chi connectivity index (χ1v) is 8.79. The fourth-order valence-electron chi connectivity index (χ4n) is 4.35. The molecule has 0 radical (unpaired) electrons. The molecule has 0 bridgehead atoms. The first-order valence-electron chi connectivity index (χ1n) is 8.79. The van der Waals surface area contributed by atoms with Crippen molar-refractivity contribution < 1.29 is 9.18 Å². The molecule has 0 saturated carbocycles. The Morgan fingerprint density at radius 1 is 1.31 bits per heavy atom. The van der Waals surface area contributed by atoms with Gasteiger partial charge in [0.05, 0.1) is 11.7 Å². The van der Waals surface area contributed by atoms with Crippen LogP contribution in [0.4, 0.5) is 4.39 Å². The van der Waals surface area contributed by atoms with Crippen molar-refractivity contribution in [2.75, 3.05) is 19.6 Å². The molecule has 4 rings (SSSR count). The number of carbonyl (C=O) groups is 1. The highest BCUT2D eigenvalue weighted by atomic mass is 35.5.